The molecule has 1 aliphatic carbocycles. The number of amides is 1. The highest BCUT2D eigenvalue weighted by Gasteiger charge is 2.41. The molecule has 1 saturated carbocycles. The molecule has 0 aromatic heterocycles. The van der Waals surface area contributed by atoms with E-state index in [0.717, 1.165) is 6.42 Å². The maximum absolute atomic E-state index is 11.2. The van der Waals surface area contributed by atoms with Gasteiger partial charge in [-0.15, -0.1) is 0 Å². The van der Waals surface area contributed by atoms with Crippen molar-refractivity contribution in [2.75, 3.05) is 13.1 Å². The number of nitrogens with zero attached hydrogens (tertiary/aromatic N) is 1. The van der Waals surface area contributed by atoms with Crippen molar-refractivity contribution in [1.82, 2.24) is 10.2 Å². The van der Waals surface area contributed by atoms with Gasteiger partial charge in [0.25, 0.3) is 0 Å². The average molecular weight is 266 g/mol. The molecule has 1 heterocycles. The van der Waals surface area contributed by atoms with Crippen LogP contribution in [0.2, 0.25) is 0 Å². The van der Waals surface area contributed by atoms with Crippen LogP contribution in [0.4, 0.5) is 0 Å². The first kappa shape index (κ1) is 14.8. The van der Waals surface area contributed by atoms with Crippen molar-refractivity contribution in [3.05, 3.63) is 0 Å². The van der Waals surface area contributed by atoms with Crippen LogP contribution in [0.15, 0.2) is 0 Å². The Morgan fingerprint density at radius 2 is 1.95 bits per heavy atom. The summed E-state index contributed by atoms with van der Waals surface area (Å²) in [7, 11) is 0. The van der Waals surface area contributed by atoms with Gasteiger partial charge in [-0.3, -0.25) is 4.79 Å². The number of rotatable bonds is 4. The predicted molar refractivity (Wildman–Crippen MR) is 79.1 cm³/mol. The monoisotopic (exact) mass is 266 g/mol. The summed E-state index contributed by atoms with van der Waals surface area (Å²) in [5, 5.41) is 3.07. The van der Waals surface area contributed by atoms with Crippen molar-refractivity contribution in [3.63, 3.8) is 0 Å². The van der Waals surface area contributed by atoms with E-state index in [4.69, 9.17) is 0 Å². The topological polar surface area (TPSA) is 32.3 Å². The molecule has 110 valence electrons. The van der Waals surface area contributed by atoms with E-state index in [1.807, 2.05) is 0 Å². The maximum Gasteiger partial charge on any atom is 0.217 e. The summed E-state index contributed by atoms with van der Waals surface area (Å²) in [6.45, 7) is 10.7. The van der Waals surface area contributed by atoms with Crippen LogP contribution < -0.4 is 5.32 Å². The summed E-state index contributed by atoms with van der Waals surface area (Å²) in [5.74, 6) is 0.0749. The Morgan fingerprint density at radius 1 is 1.32 bits per heavy atom. The molecule has 1 atom stereocenters. The molecule has 3 nitrogen and oxygen atoms in total. The third kappa shape index (κ3) is 3.71. The molecule has 2 aliphatic rings. The minimum Gasteiger partial charge on any atom is -0.351 e. The molecule has 2 fully saturated rings. The van der Waals surface area contributed by atoms with Crippen molar-refractivity contribution < 1.29 is 4.79 Å². The molecule has 1 amide bonds. The van der Waals surface area contributed by atoms with E-state index < -0.39 is 0 Å². The molecule has 2 rings (SSSR count). The molecule has 1 saturated heterocycles. The second kappa shape index (κ2) is 5.43. The smallest absolute Gasteiger partial charge is 0.217 e. The van der Waals surface area contributed by atoms with Gasteiger partial charge >= 0.3 is 0 Å². The lowest BCUT2D eigenvalue weighted by molar-refractivity contribution is -0.120. The van der Waals surface area contributed by atoms with E-state index in [2.05, 4.69) is 31.0 Å². The molecule has 3 heteroatoms. The van der Waals surface area contributed by atoms with Crippen molar-refractivity contribution in [3.8, 4) is 0 Å². The van der Waals surface area contributed by atoms with Crippen LogP contribution in [0, 0.1) is 5.41 Å². The first-order valence-electron chi connectivity index (χ1n) is 7.85. The fourth-order valence-electron chi connectivity index (χ4n) is 4.27. The van der Waals surface area contributed by atoms with E-state index in [0.29, 0.717) is 11.5 Å². The largest absolute Gasteiger partial charge is 0.351 e. The van der Waals surface area contributed by atoms with E-state index in [1.165, 1.54) is 45.2 Å². The van der Waals surface area contributed by atoms with Crippen LogP contribution in [0.1, 0.15) is 66.2 Å². The first-order valence-corrected chi connectivity index (χ1v) is 7.85. The zero-order chi connectivity index (χ0) is 14.1. The van der Waals surface area contributed by atoms with Gasteiger partial charge < -0.3 is 10.2 Å². The predicted octanol–water partition coefficient (Wildman–Crippen LogP) is 2.95. The summed E-state index contributed by atoms with van der Waals surface area (Å²) < 4.78 is 0. The van der Waals surface area contributed by atoms with Gasteiger partial charge in [0, 0.05) is 25.0 Å². The highest BCUT2D eigenvalue weighted by atomic mass is 16.1. The molecular formula is C16H30N2O. The van der Waals surface area contributed by atoms with Gasteiger partial charge in [-0.25, -0.2) is 0 Å². The Hall–Kier alpha value is -0.570. The van der Waals surface area contributed by atoms with Crippen LogP contribution in [0.5, 0.6) is 0 Å². The third-order valence-electron chi connectivity index (χ3n) is 5.08. The molecule has 19 heavy (non-hydrogen) atoms. The van der Waals surface area contributed by atoms with Gasteiger partial charge in [-0.05, 0) is 58.4 Å². The quantitative estimate of drug-likeness (QED) is 0.848. The number of likely N-dealkylation sites (tertiary alicyclic amines) is 1. The molecule has 0 aromatic carbocycles. The molecule has 1 N–H and O–H groups in total. The lowest BCUT2D eigenvalue weighted by atomic mass is 9.85. The van der Waals surface area contributed by atoms with E-state index in [-0.39, 0.29) is 11.4 Å². The molecule has 0 radical (unpaired) electrons. The number of hydrogen-bond acceptors (Lipinski definition) is 2. The normalized spacial score (nSPS) is 24.8. The van der Waals surface area contributed by atoms with E-state index in [9.17, 15) is 4.79 Å². The number of carbonyl (C=O) groups is 1. The summed E-state index contributed by atoms with van der Waals surface area (Å²) >= 11 is 0. The second-order valence-electron chi connectivity index (χ2n) is 7.55. The van der Waals surface area contributed by atoms with Gasteiger partial charge in [-0.1, -0.05) is 12.8 Å². The summed E-state index contributed by atoms with van der Waals surface area (Å²) in [6.07, 6.45) is 8.15. The molecule has 1 spiro atoms. The molecule has 0 unspecified atom stereocenters. The maximum atomic E-state index is 11.2. The Morgan fingerprint density at radius 3 is 2.53 bits per heavy atom. The van der Waals surface area contributed by atoms with E-state index in [1.54, 1.807) is 6.92 Å². The summed E-state index contributed by atoms with van der Waals surface area (Å²) in [4.78, 5) is 13.9. The van der Waals surface area contributed by atoms with Crippen molar-refractivity contribution in [2.24, 2.45) is 5.41 Å². The minimum atomic E-state index is -0.101. The SMILES string of the molecule is CC(=O)NC(C)(C)C[C@@H](C)N1CCC2(CCCC2)C1. The molecule has 0 bridgehead atoms. The van der Waals surface area contributed by atoms with Crippen LogP contribution in [-0.2, 0) is 4.79 Å². The zero-order valence-corrected chi connectivity index (χ0v) is 13.1. The zero-order valence-electron chi connectivity index (χ0n) is 13.1. The first-order chi connectivity index (χ1) is 8.82. The minimum absolute atomic E-state index is 0.0749. The van der Waals surface area contributed by atoms with Crippen LogP contribution >= 0.6 is 0 Å². The van der Waals surface area contributed by atoms with Gasteiger partial charge in [0.15, 0.2) is 0 Å². The van der Waals surface area contributed by atoms with Crippen LogP contribution in [0.25, 0.3) is 0 Å². The summed E-state index contributed by atoms with van der Waals surface area (Å²) in [6, 6.07) is 0.557. The van der Waals surface area contributed by atoms with Crippen LogP contribution in [0.3, 0.4) is 0 Å². The number of carbonyl (C=O) groups excluding carboxylic acids is 1. The Kier molecular flexibility index (Phi) is 4.24. The highest BCUT2D eigenvalue weighted by molar-refractivity contribution is 5.73. The standard InChI is InChI=1S/C16H30N2O/c1-13(11-15(3,4)17-14(2)19)18-10-9-16(12-18)7-5-6-8-16/h13H,5-12H2,1-4H3,(H,17,19)/t13-/m1/s1. The van der Waals surface area contributed by atoms with Crippen molar-refractivity contribution in [1.29, 1.82) is 0 Å². The average Bonchev–Trinajstić information content (AvgIpc) is 2.87. The third-order valence-corrected chi connectivity index (χ3v) is 5.08. The highest BCUT2D eigenvalue weighted by Crippen LogP contribution is 2.46. The molecular weight excluding hydrogens is 236 g/mol. The second-order valence-corrected chi connectivity index (χ2v) is 7.55. The number of nitrogens with one attached hydrogen (secondary N) is 1. The molecule has 1 aliphatic heterocycles. The summed E-state index contributed by atoms with van der Waals surface area (Å²) in [5.41, 5.74) is 0.545. The van der Waals surface area contributed by atoms with Gasteiger partial charge in [0.2, 0.25) is 5.91 Å². The van der Waals surface area contributed by atoms with Gasteiger partial charge in [0.1, 0.15) is 0 Å². The lowest BCUT2D eigenvalue weighted by Gasteiger charge is -2.34. The van der Waals surface area contributed by atoms with Gasteiger partial charge in [0.05, 0.1) is 0 Å². The Labute approximate surface area is 118 Å². The number of hydrogen-bond donors (Lipinski definition) is 1. The van der Waals surface area contributed by atoms with Gasteiger partial charge in [-0.2, -0.15) is 0 Å². The lowest BCUT2D eigenvalue weighted by Crippen LogP contribution is -2.47. The van der Waals surface area contributed by atoms with Crippen molar-refractivity contribution in [2.45, 2.75) is 77.8 Å². The Bertz CT molecular complexity index is 332. The van der Waals surface area contributed by atoms with Crippen molar-refractivity contribution >= 4 is 5.91 Å². The fourth-order valence-corrected chi connectivity index (χ4v) is 4.27. The Balaban J connectivity index is 1.87. The van der Waals surface area contributed by atoms with Crippen LogP contribution in [-0.4, -0.2) is 35.5 Å². The van der Waals surface area contributed by atoms with E-state index >= 15 is 0 Å². The fraction of sp³-hybridized carbons (Fsp3) is 0.938. The molecule has 0 aromatic rings.